The molecule has 0 unspecified atom stereocenters. The van der Waals surface area contributed by atoms with Crippen molar-refractivity contribution in [2.24, 2.45) is 0 Å². The van der Waals surface area contributed by atoms with Crippen LogP contribution in [-0.2, 0) is 9.63 Å². The van der Waals surface area contributed by atoms with Gasteiger partial charge in [0.1, 0.15) is 0 Å². The largest absolute Gasteiger partial charge is 0.798 e. The number of hydrogen-bond donors (Lipinski definition) is 0. The number of alkyl halides is 4. The summed E-state index contributed by atoms with van der Waals surface area (Å²) in [6, 6.07) is 0. The summed E-state index contributed by atoms with van der Waals surface area (Å²) in [4.78, 5) is 0. The standard InChI is InChI=1S/C4H8F4O3S/c5-1-2-12(9,10,11)3-4(6,7)8/h1-3H2,(H2,9,10,11)/p-2. The second kappa shape index (κ2) is 2.93. The molecule has 0 heterocycles. The smallest absolute Gasteiger partial charge is 0.396 e. The van der Waals surface area contributed by atoms with E-state index < -0.39 is 34.0 Å². The van der Waals surface area contributed by atoms with E-state index in [0.717, 1.165) is 0 Å². The van der Waals surface area contributed by atoms with Gasteiger partial charge in [0.05, 0.1) is 12.4 Å². The predicted molar refractivity (Wildman–Crippen MR) is 31.5 cm³/mol. The van der Waals surface area contributed by atoms with Crippen molar-refractivity contribution < 1.29 is 30.9 Å². The second-order valence-corrected chi connectivity index (χ2v) is 5.20. The predicted octanol–water partition coefficient (Wildman–Crippen LogP) is 0.599. The summed E-state index contributed by atoms with van der Waals surface area (Å²) in [6.07, 6.45) is -5.11. The van der Waals surface area contributed by atoms with E-state index in [1.807, 2.05) is 0 Å². The Bertz CT molecular complexity index is 217. The van der Waals surface area contributed by atoms with Crippen LogP contribution in [-0.4, -0.2) is 37.7 Å². The maximum Gasteiger partial charge on any atom is 0.396 e. The summed E-state index contributed by atoms with van der Waals surface area (Å²) < 4.78 is 76.6. The van der Waals surface area contributed by atoms with Crippen LogP contribution in [0.25, 0.3) is 0 Å². The van der Waals surface area contributed by atoms with E-state index in [0.29, 0.717) is 0 Å². The van der Waals surface area contributed by atoms with Gasteiger partial charge in [-0.25, -0.2) is 9.63 Å². The molecule has 0 aromatic rings. The van der Waals surface area contributed by atoms with Crippen molar-refractivity contribution >= 4 is 9.63 Å². The highest BCUT2D eigenvalue weighted by molar-refractivity contribution is 8.10. The molecule has 8 heteroatoms. The Morgan fingerprint density at radius 2 is 1.67 bits per heavy atom. The highest BCUT2D eigenvalue weighted by Crippen LogP contribution is 2.27. The zero-order valence-corrected chi connectivity index (χ0v) is 6.58. The summed E-state index contributed by atoms with van der Waals surface area (Å²) in [5.41, 5.74) is 0. The van der Waals surface area contributed by atoms with Gasteiger partial charge in [-0.15, -0.1) is 0 Å². The summed E-state index contributed by atoms with van der Waals surface area (Å²) in [6.45, 7) is -1.60. The molecule has 0 aliphatic heterocycles. The average Bonchev–Trinajstić information content (AvgIpc) is 1.51. The fourth-order valence-corrected chi connectivity index (χ4v) is 1.61. The lowest BCUT2D eigenvalue weighted by Gasteiger charge is -2.54. The molecular formula is C4H6F4O3S-2. The molecule has 0 N–H and O–H groups in total. The monoisotopic (exact) mass is 210 g/mol. The minimum absolute atomic E-state index is 1.60. The van der Waals surface area contributed by atoms with Crippen molar-refractivity contribution in [1.29, 1.82) is 0 Å². The molecule has 0 bridgehead atoms. The quantitative estimate of drug-likeness (QED) is 0.640. The van der Waals surface area contributed by atoms with Gasteiger partial charge in [0.2, 0.25) is 0 Å². The lowest BCUT2D eigenvalue weighted by atomic mass is 10.8. The molecule has 0 saturated carbocycles. The lowest BCUT2D eigenvalue weighted by molar-refractivity contribution is -0.109. The number of rotatable bonds is 3. The lowest BCUT2D eigenvalue weighted by Crippen LogP contribution is -2.46. The molecule has 0 aromatic carbocycles. The minimum atomic E-state index is -6.31. The fourth-order valence-electron chi connectivity index (χ4n) is 0.537. The van der Waals surface area contributed by atoms with Gasteiger partial charge in [0.15, 0.2) is 0 Å². The van der Waals surface area contributed by atoms with Crippen molar-refractivity contribution in [2.45, 2.75) is 6.18 Å². The first-order valence-electron chi connectivity index (χ1n) is 2.77. The Labute approximate surface area is 65.8 Å². The van der Waals surface area contributed by atoms with Crippen LogP contribution in [0.2, 0.25) is 0 Å². The van der Waals surface area contributed by atoms with Crippen LogP contribution >= 0.6 is 0 Å². The number of sulfone groups is 3. The molecule has 0 rings (SSSR count). The van der Waals surface area contributed by atoms with Crippen LogP contribution in [0.5, 0.6) is 0 Å². The summed E-state index contributed by atoms with van der Waals surface area (Å²) in [5, 5.41) is 0. The molecule has 76 valence electrons. The molecule has 0 spiro atoms. The zero-order valence-electron chi connectivity index (χ0n) is 5.77. The number of hydrogen-bond acceptors (Lipinski definition) is 3. The molecule has 0 amide bonds. The van der Waals surface area contributed by atoms with Crippen LogP contribution in [0.3, 0.4) is 0 Å². The van der Waals surface area contributed by atoms with E-state index in [1.54, 1.807) is 0 Å². The fraction of sp³-hybridized carbons (Fsp3) is 1.00. The Hall–Kier alpha value is -0.210. The average molecular weight is 210 g/mol. The topological polar surface area (TPSA) is 63.2 Å². The summed E-state index contributed by atoms with van der Waals surface area (Å²) >= 11 is 0. The summed E-state index contributed by atoms with van der Waals surface area (Å²) in [7, 11) is -6.31. The molecule has 0 radical (unpaired) electrons. The zero-order chi connectivity index (χ0) is 10.1. The Morgan fingerprint density at radius 3 is 1.92 bits per heavy atom. The molecular weight excluding hydrogens is 204 g/mol. The van der Waals surface area contributed by atoms with Crippen LogP contribution in [0.15, 0.2) is 0 Å². The SMILES string of the molecule is O=S([O-])([O-])(CCF)CC(F)(F)F. The van der Waals surface area contributed by atoms with E-state index in [-0.39, 0.29) is 0 Å². The van der Waals surface area contributed by atoms with Crippen LogP contribution in [0.4, 0.5) is 17.6 Å². The molecule has 0 aromatic heterocycles. The maximum atomic E-state index is 11.4. The van der Waals surface area contributed by atoms with Crippen molar-refractivity contribution in [2.75, 3.05) is 18.2 Å². The molecule has 0 saturated heterocycles. The van der Waals surface area contributed by atoms with Gasteiger partial charge in [-0.2, -0.15) is 13.2 Å². The van der Waals surface area contributed by atoms with E-state index in [4.69, 9.17) is 0 Å². The van der Waals surface area contributed by atoms with Gasteiger partial charge in [0.25, 0.3) is 0 Å². The van der Waals surface area contributed by atoms with Crippen molar-refractivity contribution in [3.05, 3.63) is 0 Å². The van der Waals surface area contributed by atoms with E-state index >= 15 is 0 Å². The van der Waals surface area contributed by atoms with Crippen LogP contribution in [0, 0.1) is 0 Å². The van der Waals surface area contributed by atoms with Gasteiger partial charge < -0.3 is 13.3 Å². The third-order valence-electron chi connectivity index (χ3n) is 0.914. The molecule has 12 heavy (non-hydrogen) atoms. The Kier molecular flexibility index (Phi) is 2.88. The van der Waals surface area contributed by atoms with Gasteiger partial charge in [-0.1, -0.05) is 0 Å². The highest BCUT2D eigenvalue weighted by atomic mass is 32.3. The van der Waals surface area contributed by atoms with E-state index in [9.17, 15) is 30.9 Å². The van der Waals surface area contributed by atoms with Crippen molar-refractivity contribution in [3.8, 4) is 0 Å². The van der Waals surface area contributed by atoms with Gasteiger partial charge in [-0.3, -0.25) is 4.39 Å². The van der Waals surface area contributed by atoms with Crippen molar-refractivity contribution in [1.82, 2.24) is 0 Å². The Morgan fingerprint density at radius 1 is 1.25 bits per heavy atom. The normalized spacial score (nSPS) is 17.0. The van der Waals surface area contributed by atoms with Gasteiger partial charge in [0, 0.05) is 5.75 Å². The van der Waals surface area contributed by atoms with Crippen molar-refractivity contribution in [3.63, 3.8) is 0 Å². The molecule has 0 aliphatic carbocycles. The molecule has 0 aliphatic rings. The second-order valence-electron chi connectivity index (χ2n) is 2.27. The first-order chi connectivity index (χ1) is 5.03. The van der Waals surface area contributed by atoms with Gasteiger partial charge >= 0.3 is 6.18 Å². The minimum Gasteiger partial charge on any atom is -0.798 e. The third-order valence-corrected chi connectivity index (χ3v) is 2.74. The van der Waals surface area contributed by atoms with E-state index in [1.165, 1.54) is 0 Å². The first kappa shape index (κ1) is 11.8. The Balaban J connectivity index is 4.50. The van der Waals surface area contributed by atoms with Gasteiger partial charge in [-0.05, 0) is 0 Å². The molecule has 3 nitrogen and oxygen atoms in total. The maximum absolute atomic E-state index is 11.4. The molecule has 0 atom stereocenters. The third kappa shape index (κ3) is 5.44. The van der Waals surface area contributed by atoms with Crippen LogP contribution in [0.1, 0.15) is 0 Å². The summed E-state index contributed by atoms with van der Waals surface area (Å²) in [5.74, 6) is -4.13. The molecule has 0 fully saturated rings. The van der Waals surface area contributed by atoms with E-state index in [2.05, 4.69) is 0 Å². The van der Waals surface area contributed by atoms with Crippen LogP contribution < -0.4 is 0 Å². The highest BCUT2D eigenvalue weighted by Gasteiger charge is 2.33. The first-order valence-corrected chi connectivity index (χ1v) is 4.92. The number of halogens is 4.